The highest BCUT2D eigenvalue weighted by Gasteiger charge is 2.41. The molecule has 2 aromatic rings. The van der Waals surface area contributed by atoms with E-state index in [1.54, 1.807) is 42.5 Å². The van der Waals surface area contributed by atoms with E-state index in [4.69, 9.17) is 13.6 Å². The van der Waals surface area contributed by atoms with Crippen LogP contribution in [-0.2, 0) is 25.8 Å². The summed E-state index contributed by atoms with van der Waals surface area (Å²) in [7, 11) is -6.85. The van der Waals surface area contributed by atoms with Crippen molar-refractivity contribution in [3.05, 3.63) is 89.0 Å². The predicted molar refractivity (Wildman–Crippen MR) is 210 cm³/mol. The number of allylic oxidation sites excluding steroid dienone is 4. The highest BCUT2D eigenvalue weighted by molar-refractivity contribution is 7.92. The lowest BCUT2D eigenvalue weighted by molar-refractivity contribution is -0.136. The van der Waals surface area contributed by atoms with Gasteiger partial charge in [-0.1, -0.05) is 89.1 Å². The Balaban J connectivity index is 2.68. The van der Waals surface area contributed by atoms with E-state index in [1.165, 1.54) is 12.7 Å². The van der Waals surface area contributed by atoms with Crippen molar-refractivity contribution in [2.75, 3.05) is 7.11 Å². The van der Waals surface area contributed by atoms with Crippen LogP contribution < -0.4 is 8.85 Å². The Bertz CT molecular complexity index is 1620. The first-order chi connectivity index (χ1) is 22.4. The van der Waals surface area contributed by atoms with Crippen molar-refractivity contribution in [2.45, 2.75) is 134 Å². The first-order valence-electron chi connectivity index (χ1n) is 17.3. The molecule has 0 radical (unpaired) electrons. The van der Waals surface area contributed by atoms with Gasteiger partial charge in [0.05, 0.1) is 17.3 Å². The highest BCUT2D eigenvalue weighted by Crippen LogP contribution is 2.41. The van der Waals surface area contributed by atoms with Crippen LogP contribution >= 0.6 is 0 Å². The van der Waals surface area contributed by atoms with Crippen molar-refractivity contribution >= 4 is 32.4 Å². The Labute approximate surface area is 300 Å². The normalized spacial score (nSPS) is 14.2. The fourth-order valence-corrected chi connectivity index (χ4v) is 8.39. The number of sulfone groups is 1. The Hall–Kier alpha value is -2.89. The Morgan fingerprint density at radius 1 is 0.837 bits per heavy atom. The van der Waals surface area contributed by atoms with Crippen molar-refractivity contribution in [1.82, 2.24) is 0 Å². The van der Waals surface area contributed by atoms with Gasteiger partial charge < -0.3 is 13.6 Å². The van der Waals surface area contributed by atoms with Crippen LogP contribution in [0.4, 0.5) is 0 Å². The molecular formula is C40H62O6SSi2. The number of benzene rings is 2. The largest absolute Gasteiger partial charge is 0.543 e. The number of rotatable bonds is 15. The molecular weight excluding hydrogens is 665 g/mol. The third-order valence-corrected chi connectivity index (χ3v) is 20.6. The van der Waals surface area contributed by atoms with Gasteiger partial charge in [-0.25, -0.2) is 13.2 Å². The maximum atomic E-state index is 14.1. The summed E-state index contributed by atoms with van der Waals surface area (Å²) in [6.07, 6.45) is 7.59. The van der Waals surface area contributed by atoms with E-state index in [0.29, 0.717) is 12.0 Å². The second-order valence-electron chi connectivity index (χ2n) is 16.4. The first kappa shape index (κ1) is 42.3. The number of methoxy groups -OCH3 is 1. The number of carbonyl (C=O) groups is 1. The fourth-order valence-electron chi connectivity index (χ4n) is 4.62. The topological polar surface area (TPSA) is 78.9 Å². The van der Waals surface area contributed by atoms with Crippen molar-refractivity contribution < 1.29 is 26.8 Å². The highest BCUT2D eigenvalue weighted by atomic mass is 32.2. The summed E-state index contributed by atoms with van der Waals surface area (Å²) < 4.78 is 46.8. The zero-order chi connectivity index (χ0) is 37.4. The van der Waals surface area contributed by atoms with Crippen LogP contribution in [-0.4, -0.2) is 43.4 Å². The van der Waals surface area contributed by atoms with Gasteiger partial charge in [-0.15, -0.1) is 0 Å². The second kappa shape index (κ2) is 16.9. The minimum Gasteiger partial charge on any atom is -0.543 e. The van der Waals surface area contributed by atoms with Crippen LogP contribution in [0, 0.1) is 0 Å². The maximum absolute atomic E-state index is 14.1. The molecule has 2 rings (SSSR count). The molecule has 2 aromatic carbocycles. The molecule has 0 saturated carbocycles. The standard InChI is InChI=1S/C40H62O6SSi2/c1-30(2)19-18-20-31(3)27-36(47(42,43)35-21-16-15-17-22-35)29-33(38(41)44-10)24-23-32-28-34(45-48(11,12)39(4,5)6)25-26-37(32)46-49(13,14)40(7,8)9/h15-17,19,21-22,24-28,36H,18,20,23,29H2,1-14H3/b31-27+,33-24?. The molecule has 0 bridgehead atoms. The van der Waals surface area contributed by atoms with Gasteiger partial charge >= 0.3 is 5.97 Å². The van der Waals surface area contributed by atoms with Gasteiger partial charge in [0.25, 0.3) is 0 Å². The first-order valence-corrected chi connectivity index (χ1v) is 24.7. The van der Waals surface area contributed by atoms with Gasteiger partial charge in [-0.3, -0.25) is 0 Å². The third kappa shape index (κ3) is 12.1. The molecule has 6 nitrogen and oxygen atoms in total. The molecule has 0 aliphatic rings. The van der Waals surface area contributed by atoms with Crippen LogP contribution in [0.25, 0.3) is 0 Å². The van der Waals surface area contributed by atoms with Gasteiger partial charge in [-0.2, -0.15) is 0 Å². The van der Waals surface area contributed by atoms with Crippen molar-refractivity contribution in [1.29, 1.82) is 0 Å². The Morgan fingerprint density at radius 2 is 1.41 bits per heavy atom. The lowest BCUT2D eigenvalue weighted by Gasteiger charge is -2.38. The van der Waals surface area contributed by atoms with Crippen LogP contribution in [0.15, 0.2) is 88.4 Å². The van der Waals surface area contributed by atoms with E-state index in [1.807, 2.05) is 39.0 Å². The van der Waals surface area contributed by atoms with E-state index in [-0.39, 0.29) is 21.4 Å². The quantitative estimate of drug-likeness (QED) is 0.0787. The van der Waals surface area contributed by atoms with E-state index >= 15 is 0 Å². The molecule has 272 valence electrons. The molecule has 0 heterocycles. The predicted octanol–water partition coefficient (Wildman–Crippen LogP) is 11.0. The third-order valence-electron chi connectivity index (χ3n) is 9.85. The van der Waals surface area contributed by atoms with E-state index in [0.717, 1.165) is 35.5 Å². The molecule has 0 aromatic heterocycles. The molecule has 0 aliphatic heterocycles. The molecule has 49 heavy (non-hydrogen) atoms. The summed E-state index contributed by atoms with van der Waals surface area (Å²) in [6.45, 7) is 28.1. The average molecular weight is 727 g/mol. The van der Waals surface area contributed by atoms with Crippen LogP contribution in [0.1, 0.15) is 87.1 Å². The molecule has 0 spiro atoms. The monoisotopic (exact) mass is 726 g/mol. The molecule has 9 heteroatoms. The van der Waals surface area contributed by atoms with Gasteiger partial charge in [0, 0.05) is 11.1 Å². The summed E-state index contributed by atoms with van der Waals surface area (Å²) >= 11 is 0. The summed E-state index contributed by atoms with van der Waals surface area (Å²) in [5.74, 6) is 0.958. The molecule has 0 amide bonds. The molecule has 1 unspecified atom stereocenters. The zero-order valence-electron chi connectivity index (χ0n) is 32.6. The van der Waals surface area contributed by atoms with Gasteiger partial charge in [0.1, 0.15) is 11.5 Å². The number of ether oxygens (including phenoxy) is 1. The molecule has 0 N–H and O–H groups in total. The van der Waals surface area contributed by atoms with Crippen molar-refractivity contribution in [2.24, 2.45) is 0 Å². The molecule has 1 atom stereocenters. The number of hydrogen-bond acceptors (Lipinski definition) is 6. The number of carbonyl (C=O) groups excluding carboxylic acids is 1. The minimum absolute atomic E-state index is 0.0119. The number of hydrogen-bond donors (Lipinski definition) is 0. The zero-order valence-corrected chi connectivity index (χ0v) is 35.4. The lowest BCUT2D eigenvalue weighted by atomic mass is 10.0. The van der Waals surface area contributed by atoms with Gasteiger partial charge in [0.2, 0.25) is 16.6 Å². The summed E-state index contributed by atoms with van der Waals surface area (Å²) in [6, 6.07) is 14.4. The summed E-state index contributed by atoms with van der Waals surface area (Å²) in [5.41, 5.74) is 3.34. The van der Waals surface area contributed by atoms with Crippen LogP contribution in [0.2, 0.25) is 36.3 Å². The van der Waals surface area contributed by atoms with E-state index in [9.17, 15) is 13.2 Å². The Kier molecular flexibility index (Phi) is 14.6. The molecule has 0 fully saturated rings. The molecule has 0 aliphatic carbocycles. The number of esters is 1. The van der Waals surface area contributed by atoms with Crippen molar-refractivity contribution in [3.8, 4) is 11.5 Å². The van der Waals surface area contributed by atoms with E-state index in [2.05, 4.69) is 73.8 Å². The van der Waals surface area contributed by atoms with E-state index < -0.39 is 37.7 Å². The van der Waals surface area contributed by atoms with Crippen molar-refractivity contribution in [3.63, 3.8) is 0 Å². The van der Waals surface area contributed by atoms with Crippen LogP contribution in [0.5, 0.6) is 11.5 Å². The second-order valence-corrected chi connectivity index (χ2v) is 28.0. The van der Waals surface area contributed by atoms with Gasteiger partial charge in [-0.05, 0) is 113 Å². The van der Waals surface area contributed by atoms with Crippen LogP contribution in [0.3, 0.4) is 0 Å². The smallest absolute Gasteiger partial charge is 0.333 e. The Morgan fingerprint density at radius 3 is 1.94 bits per heavy atom. The average Bonchev–Trinajstić information content (AvgIpc) is 2.98. The maximum Gasteiger partial charge on any atom is 0.333 e. The van der Waals surface area contributed by atoms with Gasteiger partial charge in [0.15, 0.2) is 9.84 Å². The lowest BCUT2D eigenvalue weighted by Crippen LogP contribution is -2.44. The SMILES string of the molecule is COC(=O)C(=CCc1cc(O[Si](C)(C)C(C)(C)C)ccc1O[Si](C)(C)C(C)(C)C)CC(/C=C(\C)CCC=C(C)C)S(=O)(=O)c1ccccc1. The fraction of sp³-hybridized carbons (Fsp3) is 0.525. The summed E-state index contributed by atoms with van der Waals surface area (Å²) in [4.78, 5) is 13.5. The molecule has 0 saturated heterocycles. The minimum atomic E-state index is -3.82. The summed E-state index contributed by atoms with van der Waals surface area (Å²) in [5, 5.41) is -0.969.